The van der Waals surface area contributed by atoms with E-state index in [1.807, 2.05) is 49.4 Å². The molecule has 5 nitrogen and oxygen atoms in total. The van der Waals surface area contributed by atoms with E-state index in [0.717, 1.165) is 39.1 Å². The molecule has 1 N–H and O–H groups in total. The number of carbonyl (C=O) groups is 1. The van der Waals surface area contributed by atoms with Crippen LogP contribution in [0.1, 0.15) is 47.6 Å². The summed E-state index contributed by atoms with van der Waals surface area (Å²) in [4.78, 5) is 17.0. The Morgan fingerprint density at radius 3 is 2.45 bits per heavy atom. The summed E-state index contributed by atoms with van der Waals surface area (Å²) in [6.45, 7) is 10.8. The van der Waals surface area contributed by atoms with Gasteiger partial charge in [-0.2, -0.15) is 0 Å². The Morgan fingerprint density at radius 1 is 1.00 bits per heavy atom. The van der Waals surface area contributed by atoms with Gasteiger partial charge < -0.3 is 14.5 Å². The lowest BCUT2D eigenvalue weighted by Gasteiger charge is -2.15. The van der Waals surface area contributed by atoms with Crippen molar-refractivity contribution in [3.05, 3.63) is 82.4 Å². The van der Waals surface area contributed by atoms with Crippen molar-refractivity contribution in [3.63, 3.8) is 0 Å². The number of carbonyl (C=O) groups excluding carboxylic acids is 1. The fourth-order valence-corrected chi connectivity index (χ4v) is 3.71. The van der Waals surface area contributed by atoms with Gasteiger partial charge in [-0.3, -0.25) is 4.79 Å². The molecule has 4 rings (SSSR count). The molecule has 1 aromatic heterocycles. The maximum absolute atomic E-state index is 12.3. The summed E-state index contributed by atoms with van der Waals surface area (Å²) < 4.78 is 11.8. The van der Waals surface area contributed by atoms with Gasteiger partial charge in [0.15, 0.2) is 12.2 Å². The molecule has 0 bridgehead atoms. The van der Waals surface area contributed by atoms with Crippen molar-refractivity contribution in [1.29, 1.82) is 0 Å². The van der Waals surface area contributed by atoms with Crippen molar-refractivity contribution in [2.24, 2.45) is 0 Å². The van der Waals surface area contributed by atoms with E-state index < -0.39 is 0 Å². The molecule has 33 heavy (non-hydrogen) atoms. The average Bonchev–Trinajstić information content (AvgIpc) is 3.19. The molecule has 0 fully saturated rings. The van der Waals surface area contributed by atoms with Crippen LogP contribution in [0.2, 0.25) is 0 Å². The number of nitrogens with zero attached hydrogens (tertiary/aromatic N) is 1. The zero-order valence-electron chi connectivity index (χ0n) is 19.9. The monoisotopic (exact) mass is 442 g/mol. The van der Waals surface area contributed by atoms with Crippen LogP contribution in [0.4, 0.5) is 0 Å². The summed E-state index contributed by atoms with van der Waals surface area (Å²) in [6.07, 6.45) is 0. The molecule has 0 saturated carbocycles. The first-order chi connectivity index (χ1) is 15.8. The highest BCUT2D eigenvalue weighted by atomic mass is 16.5. The molecule has 0 aliphatic rings. The van der Waals surface area contributed by atoms with Crippen molar-refractivity contribution in [1.82, 2.24) is 10.3 Å². The highest BCUT2D eigenvalue weighted by Crippen LogP contribution is 2.28. The lowest BCUT2D eigenvalue weighted by Crippen LogP contribution is -2.28. The molecular weight excluding hydrogens is 412 g/mol. The number of fused-ring (bicyclic) bond motifs is 1. The maximum Gasteiger partial charge on any atom is 0.258 e. The molecule has 0 aliphatic heterocycles. The van der Waals surface area contributed by atoms with Gasteiger partial charge in [0.1, 0.15) is 11.3 Å². The van der Waals surface area contributed by atoms with E-state index in [1.54, 1.807) is 0 Å². The van der Waals surface area contributed by atoms with Gasteiger partial charge in [0.2, 0.25) is 5.89 Å². The first-order valence-corrected chi connectivity index (χ1v) is 11.3. The van der Waals surface area contributed by atoms with Crippen molar-refractivity contribution < 1.29 is 13.9 Å². The minimum absolute atomic E-state index is 0.0109. The van der Waals surface area contributed by atoms with E-state index in [0.29, 0.717) is 18.4 Å². The Kier molecular flexibility index (Phi) is 6.50. The van der Waals surface area contributed by atoms with E-state index in [9.17, 15) is 4.79 Å². The number of aromatic nitrogens is 1. The molecule has 0 saturated heterocycles. The molecular formula is C28H30N2O3. The third-order valence-electron chi connectivity index (χ3n) is 5.84. The molecule has 1 amide bonds. The van der Waals surface area contributed by atoms with Crippen LogP contribution >= 0.6 is 0 Å². The van der Waals surface area contributed by atoms with Gasteiger partial charge in [0.05, 0.1) is 0 Å². The Labute approximate surface area is 194 Å². The van der Waals surface area contributed by atoms with Crippen molar-refractivity contribution in [3.8, 4) is 17.2 Å². The lowest BCUT2D eigenvalue weighted by atomic mass is 10.0. The summed E-state index contributed by atoms with van der Waals surface area (Å²) >= 11 is 0. The van der Waals surface area contributed by atoms with E-state index in [-0.39, 0.29) is 12.5 Å². The summed E-state index contributed by atoms with van der Waals surface area (Å²) in [5, 5.41) is 2.92. The summed E-state index contributed by atoms with van der Waals surface area (Å²) in [7, 11) is 0. The third-order valence-corrected chi connectivity index (χ3v) is 5.84. The summed E-state index contributed by atoms with van der Waals surface area (Å²) in [5.41, 5.74) is 8.14. The number of ether oxygens (including phenoxy) is 1. The van der Waals surface area contributed by atoms with Crippen LogP contribution in [-0.4, -0.2) is 17.5 Å². The molecule has 0 atom stereocenters. The Balaban J connectivity index is 1.35. The first-order valence-electron chi connectivity index (χ1n) is 11.3. The van der Waals surface area contributed by atoms with Gasteiger partial charge in [-0.15, -0.1) is 0 Å². The molecule has 0 unspecified atom stereocenters. The van der Waals surface area contributed by atoms with Crippen LogP contribution in [0.3, 0.4) is 0 Å². The Hall–Kier alpha value is -3.60. The predicted molar refractivity (Wildman–Crippen MR) is 132 cm³/mol. The van der Waals surface area contributed by atoms with Gasteiger partial charge in [-0.25, -0.2) is 4.98 Å². The standard InChI is InChI=1S/C28H30N2O3/c1-17(2)23-11-6-18(3)12-25(23)32-16-27(31)29-15-21-7-9-22(10-8-21)28-30-24-13-19(4)20(5)14-26(24)33-28/h6-14,17H,15-16H2,1-5H3,(H,29,31). The Morgan fingerprint density at radius 2 is 1.73 bits per heavy atom. The topological polar surface area (TPSA) is 64.4 Å². The molecule has 0 radical (unpaired) electrons. The minimum atomic E-state index is -0.153. The molecule has 170 valence electrons. The number of hydrogen-bond acceptors (Lipinski definition) is 4. The number of rotatable bonds is 7. The van der Waals surface area contributed by atoms with Crippen molar-refractivity contribution >= 4 is 17.0 Å². The highest BCUT2D eigenvalue weighted by molar-refractivity contribution is 5.78. The van der Waals surface area contributed by atoms with Crippen LogP contribution in [0.5, 0.6) is 5.75 Å². The van der Waals surface area contributed by atoms with E-state index in [2.05, 4.69) is 50.1 Å². The molecule has 5 heteroatoms. The second kappa shape index (κ2) is 9.49. The fourth-order valence-electron chi connectivity index (χ4n) is 3.71. The van der Waals surface area contributed by atoms with Gasteiger partial charge in [-0.05, 0) is 84.8 Å². The molecule has 0 spiro atoms. The maximum atomic E-state index is 12.3. The number of oxazole rings is 1. The number of amides is 1. The lowest BCUT2D eigenvalue weighted by molar-refractivity contribution is -0.123. The smallest absolute Gasteiger partial charge is 0.258 e. The summed E-state index contributed by atoms with van der Waals surface area (Å²) in [6, 6.07) is 18.0. The zero-order valence-corrected chi connectivity index (χ0v) is 19.9. The van der Waals surface area contributed by atoms with Crippen molar-refractivity contribution in [2.45, 2.75) is 47.1 Å². The zero-order chi connectivity index (χ0) is 23.5. The third kappa shape index (κ3) is 5.25. The molecule has 3 aromatic carbocycles. The number of nitrogens with one attached hydrogen (secondary N) is 1. The SMILES string of the molecule is Cc1ccc(C(C)C)c(OCC(=O)NCc2ccc(-c3nc4cc(C)c(C)cc4o3)cc2)c1. The molecule has 0 aliphatic carbocycles. The second-order valence-corrected chi connectivity index (χ2v) is 8.88. The first kappa shape index (κ1) is 22.6. The van der Waals surface area contributed by atoms with Crippen LogP contribution in [0, 0.1) is 20.8 Å². The van der Waals surface area contributed by atoms with Gasteiger partial charge in [0.25, 0.3) is 5.91 Å². The summed E-state index contributed by atoms with van der Waals surface area (Å²) in [5.74, 6) is 1.54. The van der Waals surface area contributed by atoms with E-state index in [1.165, 1.54) is 11.1 Å². The van der Waals surface area contributed by atoms with Gasteiger partial charge in [-0.1, -0.05) is 38.1 Å². The number of hydrogen-bond donors (Lipinski definition) is 1. The largest absolute Gasteiger partial charge is 0.483 e. The predicted octanol–water partition coefficient (Wildman–Crippen LogP) is 6.24. The average molecular weight is 443 g/mol. The minimum Gasteiger partial charge on any atom is -0.483 e. The van der Waals surface area contributed by atoms with Crippen LogP contribution in [-0.2, 0) is 11.3 Å². The highest BCUT2D eigenvalue weighted by Gasteiger charge is 2.12. The molecule has 1 heterocycles. The quantitative estimate of drug-likeness (QED) is 0.368. The number of aryl methyl sites for hydroxylation is 3. The van der Waals surface area contributed by atoms with E-state index >= 15 is 0 Å². The van der Waals surface area contributed by atoms with E-state index in [4.69, 9.17) is 9.15 Å². The van der Waals surface area contributed by atoms with Crippen LogP contribution < -0.4 is 10.1 Å². The van der Waals surface area contributed by atoms with Crippen molar-refractivity contribution in [2.75, 3.05) is 6.61 Å². The second-order valence-electron chi connectivity index (χ2n) is 8.88. The van der Waals surface area contributed by atoms with Crippen LogP contribution in [0.15, 0.2) is 59.0 Å². The number of benzene rings is 3. The van der Waals surface area contributed by atoms with Crippen LogP contribution in [0.25, 0.3) is 22.6 Å². The normalized spacial score (nSPS) is 11.2. The molecule has 4 aromatic rings. The van der Waals surface area contributed by atoms with Gasteiger partial charge >= 0.3 is 0 Å². The fraction of sp³-hybridized carbons (Fsp3) is 0.286. The van der Waals surface area contributed by atoms with Gasteiger partial charge in [0, 0.05) is 12.1 Å². The Bertz CT molecular complexity index is 1250.